The predicted molar refractivity (Wildman–Crippen MR) is 162 cm³/mol. The molecule has 2 amide bonds. The Morgan fingerprint density at radius 3 is 2.39 bits per heavy atom. The molecule has 0 bridgehead atoms. The van der Waals surface area contributed by atoms with Crippen LogP contribution in [0.1, 0.15) is 49.7 Å². The SMILES string of the molecule is CC(C)(C)OC(=O)NCc1ccc(-c2nc3ccnc(C(=O)NCC4=CCCC=C4)c3cc2-c2ccccc2)cc1. The van der Waals surface area contributed by atoms with Crippen LogP contribution in [0.5, 0.6) is 0 Å². The second-order valence-electron chi connectivity index (χ2n) is 11.0. The molecule has 2 aromatic heterocycles. The number of ether oxygens (including phenoxy) is 1. The fraction of sp³-hybridized carbons (Fsp3) is 0.235. The molecule has 0 radical (unpaired) electrons. The molecule has 1 aliphatic carbocycles. The number of nitrogens with zero attached hydrogens (tertiary/aromatic N) is 2. The van der Waals surface area contributed by atoms with E-state index < -0.39 is 11.7 Å². The molecule has 0 fully saturated rings. The summed E-state index contributed by atoms with van der Waals surface area (Å²) in [5, 5.41) is 6.51. The number of rotatable bonds is 7. The fourth-order valence-electron chi connectivity index (χ4n) is 4.67. The van der Waals surface area contributed by atoms with Gasteiger partial charge >= 0.3 is 6.09 Å². The van der Waals surface area contributed by atoms with Crippen molar-refractivity contribution in [1.82, 2.24) is 20.6 Å². The Morgan fingerprint density at radius 2 is 1.68 bits per heavy atom. The Kier molecular flexibility index (Phi) is 8.24. The third-order valence-corrected chi connectivity index (χ3v) is 6.63. The van der Waals surface area contributed by atoms with E-state index in [4.69, 9.17) is 9.72 Å². The molecule has 1 aliphatic rings. The van der Waals surface area contributed by atoms with E-state index in [9.17, 15) is 9.59 Å². The second-order valence-corrected chi connectivity index (χ2v) is 11.0. The first-order valence-electron chi connectivity index (χ1n) is 13.8. The van der Waals surface area contributed by atoms with Crippen molar-refractivity contribution in [2.24, 2.45) is 0 Å². The molecule has 208 valence electrons. The zero-order chi connectivity index (χ0) is 28.8. The molecular weight excluding hydrogens is 512 g/mol. The molecular formula is C34H34N4O3. The van der Waals surface area contributed by atoms with Crippen molar-refractivity contribution >= 4 is 22.9 Å². The number of hydrogen-bond acceptors (Lipinski definition) is 5. The Bertz CT molecular complexity index is 1620. The van der Waals surface area contributed by atoms with Crippen molar-refractivity contribution in [3.05, 3.63) is 108 Å². The number of amides is 2. The lowest BCUT2D eigenvalue weighted by atomic mass is 9.96. The van der Waals surface area contributed by atoms with Crippen LogP contribution >= 0.6 is 0 Å². The van der Waals surface area contributed by atoms with Crippen LogP contribution in [0.3, 0.4) is 0 Å². The van der Waals surface area contributed by atoms with Gasteiger partial charge in [0.05, 0.1) is 11.2 Å². The molecule has 7 nitrogen and oxygen atoms in total. The predicted octanol–water partition coefficient (Wildman–Crippen LogP) is 6.99. The molecule has 0 saturated carbocycles. The summed E-state index contributed by atoms with van der Waals surface area (Å²) in [6.07, 6.45) is 9.52. The van der Waals surface area contributed by atoms with Gasteiger partial charge in [-0.05, 0) is 62.4 Å². The molecule has 0 unspecified atom stereocenters. The number of alkyl carbamates (subject to hydrolysis) is 1. The van der Waals surface area contributed by atoms with E-state index in [1.54, 1.807) is 6.20 Å². The summed E-state index contributed by atoms with van der Waals surface area (Å²) in [5.74, 6) is -0.231. The summed E-state index contributed by atoms with van der Waals surface area (Å²) in [5.41, 5.74) is 6.13. The third kappa shape index (κ3) is 7.06. The minimum atomic E-state index is -0.552. The number of fused-ring (bicyclic) bond motifs is 1. The molecule has 0 aliphatic heterocycles. The molecule has 0 saturated heterocycles. The van der Waals surface area contributed by atoms with Crippen LogP contribution in [0.15, 0.2) is 96.7 Å². The lowest BCUT2D eigenvalue weighted by molar-refractivity contribution is 0.0523. The summed E-state index contributed by atoms with van der Waals surface area (Å²) in [4.78, 5) is 34.8. The van der Waals surface area contributed by atoms with Gasteiger partial charge in [-0.25, -0.2) is 9.78 Å². The van der Waals surface area contributed by atoms with Crippen LogP contribution in [-0.2, 0) is 11.3 Å². The van der Waals surface area contributed by atoms with Gasteiger partial charge in [0.25, 0.3) is 5.91 Å². The van der Waals surface area contributed by atoms with Crippen LogP contribution in [-0.4, -0.2) is 34.1 Å². The monoisotopic (exact) mass is 546 g/mol. The quantitative estimate of drug-likeness (QED) is 0.260. The van der Waals surface area contributed by atoms with E-state index in [2.05, 4.69) is 33.8 Å². The van der Waals surface area contributed by atoms with Gasteiger partial charge in [0.2, 0.25) is 0 Å². The smallest absolute Gasteiger partial charge is 0.407 e. The highest BCUT2D eigenvalue weighted by Gasteiger charge is 2.18. The zero-order valence-corrected chi connectivity index (χ0v) is 23.6. The Labute approximate surface area is 240 Å². The highest BCUT2D eigenvalue weighted by molar-refractivity contribution is 6.06. The van der Waals surface area contributed by atoms with E-state index >= 15 is 0 Å². The van der Waals surface area contributed by atoms with Crippen LogP contribution in [0.25, 0.3) is 33.3 Å². The largest absolute Gasteiger partial charge is 0.444 e. The van der Waals surface area contributed by atoms with Gasteiger partial charge in [-0.2, -0.15) is 0 Å². The van der Waals surface area contributed by atoms with E-state index in [0.29, 0.717) is 29.7 Å². The maximum atomic E-state index is 13.2. The fourth-order valence-corrected chi connectivity index (χ4v) is 4.67. The van der Waals surface area contributed by atoms with Crippen LogP contribution in [0, 0.1) is 0 Å². The number of hydrogen-bond donors (Lipinski definition) is 2. The molecule has 2 N–H and O–H groups in total. The number of carbonyl (C=O) groups excluding carboxylic acids is 2. The number of nitrogens with one attached hydrogen (secondary N) is 2. The lowest BCUT2D eigenvalue weighted by Crippen LogP contribution is -2.32. The van der Waals surface area contributed by atoms with E-state index in [1.165, 1.54) is 0 Å². The molecule has 0 atom stereocenters. The third-order valence-electron chi connectivity index (χ3n) is 6.63. The number of carbonyl (C=O) groups is 2. The molecule has 7 heteroatoms. The summed E-state index contributed by atoms with van der Waals surface area (Å²) >= 11 is 0. The molecule has 41 heavy (non-hydrogen) atoms. The number of allylic oxidation sites excluding steroid dienone is 2. The Balaban J connectivity index is 1.45. The normalized spacial score (nSPS) is 13.0. The first-order valence-corrected chi connectivity index (χ1v) is 13.8. The van der Waals surface area contributed by atoms with Crippen LogP contribution in [0.4, 0.5) is 4.79 Å². The summed E-state index contributed by atoms with van der Waals surface area (Å²) in [7, 11) is 0. The van der Waals surface area contributed by atoms with Gasteiger partial charge in [0, 0.05) is 35.8 Å². The second kappa shape index (κ2) is 12.2. The van der Waals surface area contributed by atoms with Crippen molar-refractivity contribution < 1.29 is 14.3 Å². The van der Waals surface area contributed by atoms with Crippen LogP contribution < -0.4 is 10.6 Å². The zero-order valence-electron chi connectivity index (χ0n) is 23.6. The number of benzene rings is 2. The molecule has 5 rings (SSSR count). The Morgan fingerprint density at radius 1 is 0.902 bits per heavy atom. The van der Waals surface area contributed by atoms with Crippen molar-refractivity contribution in [3.8, 4) is 22.4 Å². The standard InChI is InChI=1S/C34H34N4O3/c1-34(2,3)41-33(40)37-22-24-14-16-26(17-15-24)30-27(25-12-8-5-9-13-25)20-28-29(38-30)18-19-35-31(28)32(39)36-21-23-10-6-4-7-11-23/h5-6,8-20H,4,7,21-22H2,1-3H3,(H,36,39)(H,37,40). The molecule has 2 aromatic carbocycles. The van der Waals surface area contributed by atoms with Crippen molar-refractivity contribution in [1.29, 1.82) is 0 Å². The summed E-state index contributed by atoms with van der Waals surface area (Å²) < 4.78 is 5.33. The van der Waals surface area contributed by atoms with Gasteiger partial charge in [-0.15, -0.1) is 0 Å². The minimum Gasteiger partial charge on any atom is -0.444 e. The maximum absolute atomic E-state index is 13.2. The minimum absolute atomic E-state index is 0.231. The van der Waals surface area contributed by atoms with Crippen molar-refractivity contribution in [3.63, 3.8) is 0 Å². The van der Waals surface area contributed by atoms with Crippen LogP contribution in [0.2, 0.25) is 0 Å². The first-order chi connectivity index (χ1) is 19.8. The van der Waals surface area contributed by atoms with Gasteiger partial charge in [0.15, 0.2) is 0 Å². The number of pyridine rings is 2. The average Bonchev–Trinajstić information content (AvgIpc) is 2.98. The van der Waals surface area contributed by atoms with Gasteiger partial charge < -0.3 is 15.4 Å². The van der Waals surface area contributed by atoms with E-state index in [1.807, 2.05) is 87.5 Å². The van der Waals surface area contributed by atoms with Crippen molar-refractivity contribution in [2.75, 3.05) is 6.54 Å². The highest BCUT2D eigenvalue weighted by atomic mass is 16.6. The van der Waals surface area contributed by atoms with E-state index in [-0.39, 0.29) is 5.91 Å². The van der Waals surface area contributed by atoms with Gasteiger partial charge in [-0.1, -0.05) is 72.8 Å². The highest BCUT2D eigenvalue weighted by Crippen LogP contribution is 2.34. The summed E-state index contributed by atoms with van der Waals surface area (Å²) in [6, 6.07) is 21.8. The van der Waals surface area contributed by atoms with Gasteiger partial charge in [0.1, 0.15) is 11.3 Å². The Hall–Kier alpha value is -4.78. The summed E-state index contributed by atoms with van der Waals surface area (Å²) in [6.45, 7) is 6.31. The average molecular weight is 547 g/mol. The first kappa shape index (κ1) is 27.8. The van der Waals surface area contributed by atoms with Gasteiger partial charge in [-0.3, -0.25) is 9.78 Å². The molecule has 2 heterocycles. The van der Waals surface area contributed by atoms with E-state index in [0.717, 1.165) is 46.4 Å². The maximum Gasteiger partial charge on any atom is 0.407 e. The molecule has 4 aromatic rings. The topological polar surface area (TPSA) is 93.2 Å². The number of aromatic nitrogens is 2. The van der Waals surface area contributed by atoms with Crippen molar-refractivity contribution in [2.45, 2.75) is 45.8 Å². The lowest BCUT2D eigenvalue weighted by Gasteiger charge is -2.19. The molecule has 0 spiro atoms.